The van der Waals surface area contributed by atoms with Crippen LogP contribution in [0.3, 0.4) is 0 Å². The van der Waals surface area contributed by atoms with Gasteiger partial charge in [0.2, 0.25) is 0 Å². The molecule has 0 spiro atoms. The highest BCUT2D eigenvalue weighted by Crippen LogP contribution is 2.29. The van der Waals surface area contributed by atoms with Crippen LogP contribution in [0.4, 0.5) is 13.2 Å². The Morgan fingerprint density at radius 1 is 1.05 bits per heavy atom. The van der Waals surface area contributed by atoms with Crippen molar-refractivity contribution in [3.05, 3.63) is 42.0 Å². The molecule has 0 unspecified atom stereocenters. The van der Waals surface area contributed by atoms with Crippen LogP contribution in [0.1, 0.15) is 5.56 Å². The standard InChI is InChI=1S/C14H12ClF3O2/c15-7-12-11-4-2-1-3-10(11)5-6-13(12)20-9-19-8-14(16,17)18/h1-6H,7-9H2. The monoisotopic (exact) mass is 304 g/mol. The normalized spacial score (nSPS) is 11.8. The lowest BCUT2D eigenvalue weighted by Gasteiger charge is -2.13. The minimum atomic E-state index is -4.36. The zero-order valence-corrected chi connectivity index (χ0v) is 11.2. The molecule has 0 amide bonds. The van der Waals surface area contributed by atoms with E-state index in [1.165, 1.54) is 0 Å². The highest BCUT2D eigenvalue weighted by atomic mass is 35.5. The molecule has 0 aliphatic carbocycles. The van der Waals surface area contributed by atoms with E-state index in [0.717, 1.165) is 16.3 Å². The Balaban J connectivity index is 2.10. The van der Waals surface area contributed by atoms with Crippen molar-refractivity contribution in [2.75, 3.05) is 13.4 Å². The molecule has 0 radical (unpaired) electrons. The maximum Gasteiger partial charge on any atom is 0.411 e. The van der Waals surface area contributed by atoms with E-state index in [-0.39, 0.29) is 5.88 Å². The molecule has 0 saturated carbocycles. The summed E-state index contributed by atoms with van der Waals surface area (Å²) in [6, 6.07) is 11.1. The third-order valence-corrected chi connectivity index (χ3v) is 2.96. The minimum absolute atomic E-state index is 0.204. The lowest BCUT2D eigenvalue weighted by atomic mass is 10.0. The molecule has 0 aliphatic heterocycles. The number of alkyl halides is 4. The molecule has 0 bridgehead atoms. The minimum Gasteiger partial charge on any atom is -0.467 e. The Bertz CT molecular complexity index is 584. The van der Waals surface area contributed by atoms with Crippen molar-refractivity contribution in [2.24, 2.45) is 0 Å². The van der Waals surface area contributed by atoms with Crippen molar-refractivity contribution in [3.63, 3.8) is 0 Å². The van der Waals surface area contributed by atoms with Crippen LogP contribution in [0.25, 0.3) is 10.8 Å². The van der Waals surface area contributed by atoms with E-state index in [1.807, 2.05) is 30.3 Å². The molecule has 2 rings (SSSR count). The first-order valence-electron chi connectivity index (χ1n) is 5.85. The predicted octanol–water partition coefficient (Wildman–Crippen LogP) is 4.49. The van der Waals surface area contributed by atoms with E-state index in [2.05, 4.69) is 4.74 Å². The van der Waals surface area contributed by atoms with Gasteiger partial charge in [0.15, 0.2) is 6.79 Å². The number of hydrogen-bond donors (Lipinski definition) is 0. The average Bonchev–Trinajstić information content (AvgIpc) is 2.42. The smallest absolute Gasteiger partial charge is 0.411 e. The third kappa shape index (κ3) is 3.77. The van der Waals surface area contributed by atoms with Gasteiger partial charge in [-0.05, 0) is 16.8 Å². The van der Waals surface area contributed by atoms with Gasteiger partial charge in [-0.3, -0.25) is 0 Å². The fourth-order valence-corrected chi connectivity index (χ4v) is 2.13. The zero-order chi connectivity index (χ0) is 14.6. The van der Waals surface area contributed by atoms with E-state index in [0.29, 0.717) is 5.75 Å². The van der Waals surface area contributed by atoms with E-state index >= 15 is 0 Å². The average molecular weight is 305 g/mol. The second kappa shape index (κ2) is 6.33. The fraction of sp³-hybridized carbons (Fsp3) is 0.286. The molecule has 20 heavy (non-hydrogen) atoms. The van der Waals surface area contributed by atoms with Gasteiger partial charge in [-0.25, -0.2) is 0 Å². The molecule has 0 aromatic heterocycles. The number of fused-ring (bicyclic) bond motifs is 1. The summed E-state index contributed by atoms with van der Waals surface area (Å²) < 4.78 is 45.4. The summed E-state index contributed by atoms with van der Waals surface area (Å²) in [6.07, 6.45) is -4.36. The molecule has 2 aromatic carbocycles. The van der Waals surface area contributed by atoms with E-state index < -0.39 is 19.6 Å². The van der Waals surface area contributed by atoms with Crippen molar-refractivity contribution < 1.29 is 22.6 Å². The van der Waals surface area contributed by atoms with Crippen LogP contribution in [0, 0.1) is 0 Å². The van der Waals surface area contributed by atoms with E-state index in [9.17, 15) is 13.2 Å². The van der Waals surface area contributed by atoms with Crippen LogP contribution in [-0.4, -0.2) is 19.6 Å². The van der Waals surface area contributed by atoms with Gasteiger partial charge in [0, 0.05) is 5.56 Å². The number of hydrogen-bond acceptors (Lipinski definition) is 2. The van der Waals surface area contributed by atoms with Gasteiger partial charge in [0.25, 0.3) is 0 Å². The van der Waals surface area contributed by atoms with Crippen LogP contribution >= 0.6 is 11.6 Å². The second-order valence-corrected chi connectivity index (χ2v) is 4.39. The SMILES string of the molecule is FC(F)(F)COCOc1ccc2ccccc2c1CCl. The third-order valence-electron chi connectivity index (χ3n) is 2.69. The molecular formula is C14H12ClF3O2. The number of rotatable bonds is 5. The Hall–Kier alpha value is -1.46. The second-order valence-electron chi connectivity index (χ2n) is 4.12. The molecule has 0 saturated heterocycles. The topological polar surface area (TPSA) is 18.5 Å². The summed E-state index contributed by atoms with van der Waals surface area (Å²) in [5.41, 5.74) is 0.736. The van der Waals surface area contributed by atoms with Crippen molar-refractivity contribution in [1.29, 1.82) is 0 Å². The van der Waals surface area contributed by atoms with Crippen LogP contribution in [0.5, 0.6) is 5.75 Å². The molecule has 0 heterocycles. The van der Waals surface area contributed by atoms with E-state index in [1.54, 1.807) is 6.07 Å². The number of benzene rings is 2. The molecule has 6 heteroatoms. The molecule has 0 atom stereocenters. The van der Waals surface area contributed by atoms with Gasteiger partial charge < -0.3 is 9.47 Å². The zero-order valence-electron chi connectivity index (χ0n) is 10.4. The van der Waals surface area contributed by atoms with Crippen LogP contribution in [0.2, 0.25) is 0 Å². The predicted molar refractivity (Wildman–Crippen MR) is 71.0 cm³/mol. The van der Waals surface area contributed by atoms with Crippen LogP contribution in [0.15, 0.2) is 36.4 Å². The summed E-state index contributed by atoms with van der Waals surface area (Å²) in [7, 11) is 0. The quantitative estimate of drug-likeness (QED) is 0.460. The van der Waals surface area contributed by atoms with Gasteiger partial charge in [0.05, 0.1) is 5.88 Å². The molecule has 0 aliphatic rings. The summed E-state index contributed by atoms with van der Waals surface area (Å²) >= 11 is 5.90. The molecule has 2 aromatic rings. The van der Waals surface area contributed by atoms with Gasteiger partial charge in [0.1, 0.15) is 12.4 Å². The molecule has 2 nitrogen and oxygen atoms in total. The number of ether oxygens (including phenoxy) is 2. The maximum absolute atomic E-state index is 11.9. The van der Waals surface area contributed by atoms with Crippen molar-refractivity contribution in [3.8, 4) is 5.75 Å². The van der Waals surface area contributed by atoms with Gasteiger partial charge in [-0.1, -0.05) is 30.3 Å². The highest BCUT2D eigenvalue weighted by molar-refractivity contribution is 6.18. The molecule has 0 fully saturated rings. The first-order valence-corrected chi connectivity index (χ1v) is 6.38. The first-order chi connectivity index (χ1) is 9.51. The van der Waals surface area contributed by atoms with Gasteiger partial charge >= 0.3 is 6.18 Å². The number of halogens is 4. The first kappa shape index (κ1) is 14.9. The van der Waals surface area contributed by atoms with Gasteiger partial charge in [-0.2, -0.15) is 13.2 Å². The summed E-state index contributed by atoms with van der Waals surface area (Å²) in [6.45, 7) is -1.81. The van der Waals surface area contributed by atoms with Crippen molar-refractivity contribution >= 4 is 22.4 Å². The summed E-state index contributed by atoms with van der Waals surface area (Å²) in [5.74, 6) is 0.636. The largest absolute Gasteiger partial charge is 0.467 e. The lowest BCUT2D eigenvalue weighted by molar-refractivity contribution is -0.186. The van der Waals surface area contributed by atoms with Crippen LogP contribution < -0.4 is 4.74 Å². The highest BCUT2D eigenvalue weighted by Gasteiger charge is 2.27. The van der Waals surface area contributed by atoms with E-state index in [4.69, 9.17) is 16.3 Å². The fourth-order valence-electron chi connectivity index (χ4n) is 1.85. The molecule has 0 N–H and O–H groups in total. The van der Waals surface area contributed by atoms with Crippen molar-refractivity contribution in [1.82, 2.24) is 0 Å². The maximum atomic E-state index is 11.9. The Labute approximate surface area is 119 Å². The summed E-state index contributed by atoms with van der Waals surface area (Å²) in [5, 5.41) is 1.91. The Kier molecular flexibility index (Phi) is 4.73. The lowest BCUT2D eigenvalue weighted by Crippen LogP contribution is -2.19. The van der Waals surface area contributed by atoms with Gasteiger partial charge in [-0.15, -0.1) is 11.6 Å². The van der Waals surface area contributed by atoms with Crippen LogP contribution in [-0.2, 0) is 10.6 Å². The molecular weight excluding hydrogens is 293 g/mol. The molecule has 108 valence electrons. The Morgan fingerprint density at radius 2 is 1.80 bits per heavy atom. The Morgan fingerprint density at radius 3 is 2.50 bits per heavy atom. The van der Waals surface area contributed by atoms with Crippen molar-refractivity contribution in [2.45, 2.75) is 12.1 Å². The summed E-state index contributed by atoms with van der Waals surface area (Å²) in [4.78, 5) is 0.